The number of hydrogen-bond acceptors (Lipinski definition) is 2. The molecule has 0 fully saturated rings. The zero-order chi connectivity index (χ0) is 12.2. The van der Waals surface area contributed by atoms with Crippen LogP contribution in [0.4, 0.5) is 0 Å². The fraction of sp³-hybridized carbons (Fsp3) is 0.500. The second-order valence-electron chi connectivity index (χ2n) is 3.44. The van der Waals surface area contributed by atoms with Crippen molar-refractivity contribution in [3.63, 3.8) is 0 Å². The number of rotatable bonds is 8. The number of nitrogens with two attached hydrogens (primary N) is 1. The Kier molecular flexibility index (Phi) is 8.97. The van der Waals surface area contributed by atoms with Crippen LogP contribution in [-0.4, -0.2) is 18.4 Å². The molecule has 0 aromatic heterocycles. The van der Waals surface area contributed by atoms with Gasteiger partial charge in [-0.15, -0.1) is 0 Å². The van der Waals surface area contributed by atoms with Gasteiger partial charge in [-0.2, -0.15) is 0 Å². The lowest BCUT2D eigenvalue weighted by Crippen LogP contribution is -2.21. The van der Waals surface area contributed by atoms with Gasteiger partial charge in [0.1, 0.15) is 0 Å². The first-order chi connectivity index (χ1) is 7.66. The van der Waals surface area contributed by atoms with Gasteiger partial charge < -0.3 is 11.1 Å². The van der Waals surface area contributed by atoms with E-state index in [-0.39, 0.29) is 5.91 Å². The van der Waals surface area contributed by atoms with Gasteiger partial charge in [-0.05, 0) is 25.0 Å². The molecule has 0 aliphatic heterocycles. The Hall–Kier alpha value is -1.58. The highest BCUT2D eigenvalue weighted by atomic mass is 16.1. The van der Waals surface area contributed by atoms with Gasteiger partial charge in [-0.3, -0.25) is 9.59 Å². The predicted molar refractivity (Wildman–Crippen MR) is 64.6 cm³/mol. The summed E-state index contributed by atoms with van der Waals surface area (Å²) in [7, 11) is 0. The standard InChI is InChI=1S/C12H20N2O2/c1-2-3-7-10-14-12(16)9-6-4-5-8-11(13)15/h5-6,8-9H,2-4,7,10H2,1H3,(H2,13,15)(H,14,16). The van der Waals surface area contributed by atoms with Crippen molar-refractivity contribution in [1.82, 2.24) is 5.32 Å². The third-order valence-corrected chi connectivity index (χ3v) is 1.90. The molecule has 0 bridgehead atoms. The number of carbonyl (C=O) groups is 2. The van der Waals surface area contributed by atoms with E-state index in [0.29, 0.717) is 13.0 Å². The Morgan fingerprint density at radius 1 is 1.19 bits per heavy atom. The molecule has 90 valence electrons. The van der Waals surface area contributed by atoms with E-state index in [1.165, 1.54) is 12.2 Å². The average molecular weight is 224 g/mol. The van der Waals surface area contributed by atoms with Gasteiger partial charge in [-0.1, -0.05) is 31.9 Å². The monoisotopic (exact) mass is 224 g/mol. The van der Waals surface area contributed by atoms with Gasteiger partial charge in [0.15, 0.2) is 0 Å². The summed E-state index contributed by atoms with van der Waals surface area (Å²) in [5.41, 5.74) is 4.90. The fourth-order valence-electron chi connectivity index (χ4n) is 1.08. The van der Waals surface area contributed by atoms with Crippen molar-refractivity contribution in [2.75, 3.05) is 6.54 Å². The van der Waals surface area contributed by atoms with Crippen molar-refractivity contribution >= 4 is 11.8 Å². The SMILES string of the molecule is CCCCCNC(=O)C=CCC=CC(N)=O. The summed E-state index contributed by atoms with van der Waals surface area (Å²) in [5.74, 6) is -0.569. The molecule has 0 aromatic carbocycles. The molecule has 3 N–H and O–H groups in total. The number of carbonyl (C=O) groups excluding carboxylic acids is 2. The quantitative estimate of drug-likeness (QED) is 0.481. The molecule has 4 heteroatoms. The van der Waals surface area contributed by atoms with E-state index < -0.39 is 5.91 Å². The molecule has 0 atom stereocenters. The predicted octanol–water partition coefficient (Wildman–Crippen LogP) is 1.28. The van der Waals surface area contributed by atoms with Gasteiger partial charge in [-0.25, -0.2) is 0 Å². The van der Waals surface area contributed by atoms with Crippen LogP contribution in [0, 0.1) is 0 Å². The molecule has 4 nitrogen and oxygen atoms in total. The number of nitrogens with one attached hydrogen (secondary N) is 1. The third kappa shape index (κ3) is 10.5. The van der Waals surface area contributed by atoms with Crippen molar-refractivity contribution in [2.24, 2.45) is 5.73 Å². The summed E-state index contributed by atoms with van der Waals surface area (Å²) < 4.78 is 0. The fourth-order valence-corrected chi connectivity index (χ4v) is 1.08. The van der Waals surface area contributed by atoms with Crippen LogP contribution < -0.4 is 11.1 Å². The molecule has 0 aromatic rings. The summed E-state index contributed by atoms with van der Waals surface area (Å²) in [4.78, 5) is 21.5. The number of unbranched alkanes of at least 4 members (excludes halogenated alkanes) is 2. The second-order valence-corrected chi connectivity index (χ2v) is 3.44. The molecular formula is C12H20N2O2. The van der Waals surface area contributed by atoms with Crippen molar-refractivity contribution in [1.29, 1.82) is 0 Å². The number of allylic oxidation sites excluding steroid dienone is 2. The Morgan fingerprint density at radius 3 is 2.50 bits per heavy atom. The maximum absolute atomic E-state index is 11.2. The minimum Gasteiger partial charge on any atom is -0.366 e. The van der Waals surface area contributed by atoms with Crippen LogP contribution in [-0.2, 0) is 9.59 Å². The summed E-state index contributed by atoms with van der Waals surface area (Å²) in [6.07, 6.45) is 9.87. The molecule has 0 unspecified atom stereocenters. The minimum atomic E-state index is -0.475. The first kappa shape index (κ1) is 14.4. The van der Waals surface area contributed by atoms with Crippen LogP contribution in [0.3, 0.4) is 0 Å². The highest BCUT2D eigenvalue weighted by Gasteiger charge is 1.92. The van der Waals surface area contributed by atoms with Crippen molar-refractivity contribution in [3.05, 3.63) is 24.3 Å². The number of amides is 2. The van der Waals surface area contributed by atoms with Crippen LogP contribution in [0.2, 0.25) is 0 Å². The molecule has 0 aliphatic carbocycles. The molecular weight excluding hydrogens is 204 g/mol. The van der Waals surface area contributed by atoms with Gasteiger partial charge in [0.2, 0.25) is 11.8 Å². The largest absolute Gasteiger partial charge is 0.366 e. The molecule has 2 amide bonds. The van der Waals surface area contributed by atoms with E-state index in [1.807, 2.05) is 0 Å². The first-order valence-electron chi connectivity index (χ1n) is 5.57. The Labute approximate surface area is 96.6 Å². The molecule has 16 heavy (non-hydrogen) atoms. The lowest BCUT2D eigenvalue weighted by molar-refractivity contribution is -0.116. The second kappa shape index (κ2) is 9.96. The average Bonchev–Trinajstić information content (AvgIpc) is 2.23. The summed E-state index contributed by atoms with van der Waals surface area (Å²) in [6, 6.07) is 0. The van der Waals surface area contributed by atoms with Gasteiger partial charge in [0.25, 0.3) is 0 Å². The maximum Gasteiger partial charge on any atom is 0.243 e. The van der Waals surface area contributed by atoms with E-state index in [4.69, 9.17) is 5.73 Å². The van der Waals surface area contributed by atoms with Crippen LogP contribution in [0.5, 0.6) is 0 Å². The van der Waals surface area contributed by atoms with E-state index in [1.54, 1.807) is 12.2 Å². The Morgan fingerprint density at radius 2 is 1.88 bits per heavy atom. The van der Waals surface area contributed by atoms with E-state index >= 15 is 0 Å². The lowest BCUT2D eigenvalue weighted by Gasteiger charge is -1.99. The first-order valence-corrected chi connectivity index (χ1v) is 5.57. The number of hydrogen-bond donors (Lipinski definition) is 2. The van der Waals surface area contributed by atoms with Crippen LogP contribution in [0.15, 0.2) is 24.3 Å². The van der Waals surface area contributed by atoms with Gasteiger partial charge in [0, 0.05) is 6.54 Å². The molecule has 0 saturated carbocycles. The molecule has 0 heterocycles. The van der Waals surface area contributed by atoms with Crippen LogP contribution in [0.25, 0.3) is 0 Å². The molecule has 0 spiro atoms. The molecule has 0 saturated heterocycles. The minimum absolute atomic E-state index is 0.0939. The van der Waals surface area contributed by atoms with E-state index in [0.717, 1.165) is 19.3 Å². The van der Waals surface area contributed by atoms with Crippen molar-refractivity contribution in [3.8, 4) is 0 Å². The van der Waals surface area contributed by atoms with Crippen molar-refractivity contribution < 1.29 is 9.59 Å². The zero-order valence-electron chi connectivity index (χ0n) is 9.74. The topological polar surface area (TPSA) is 72.2 Å². The molecule has 0 rings (SSSR count). The van der Waals surface area contributed by atoms with Gasteiger partial charge in [0.05, 0.1) is 0 Å². The Bertz CT molecular complexity index is 270. The lowest BCUT2D eigenvalue weighted by atomic mass is 10.2. The third-order valence-electron chi connectivity index (χ3n) is 1.90. The van der Waals surface area contributed by atoms with Crippen LogP contribution in [0.1, 0.15) is 32.6 Å². The van der Waals surface area contributed by atoms with E-state index in [2.05, 4.69) is 12.2 Å². The number of primary amides is 1. The highest BCUT2D eigenvalue weighted by Crippen LogP contribution is 1.91. The summed E-state index contributed by atoms with van der Waals surface area (Å²) in [6.45, 7) is 2.83. The maximum atomic E-state index is 11.2. The Balaban J connectivity index is 3.55. The van der Waals surface area contributed by atoms with Crippen molar-refractivity contribution in [2.45, 2.75) is 32.6 Å². The smallest absolute Gasteiger partial charge is 0.243 e. The normalized spacial score (nSPS) is 11.1. The summed E-state index contributed by atoms with van der Waals surface area (Å²) in [5, 5.41) is 2.78. The highest BCUT2D eigenvalue weighted by molar-refractivity contribution is 5.87. The zero-order valence-corrected chi connectivity index (χ0v) is 9.74. The van der Waals surface area contributed by atoms with Crippen LogP contribution >= 0.6 is 0 Å². The summed E-state index contributed by atoms with van der Waals surface area (Å²) >= 11 is 0. The molecule has 0 aliphatic rings. The molecule has 0 radical (unpaired) electrons. The van der Waals surface area contributed by atoms with Gasteiger partial charge >= 0.3 is 0 Å². The van der Waals surface area contributed by atoms with E-state index in [9.17, 15) is 9.59 Å².